The van der Waals surface area contributed by atoms with Crippen LogP contribution in [-0.4, -0.2) is 17.3 Å². The highest BCUT2D eigenvalue weighted by Gasteiger charge is 2.11. The minimum Gasteiger partial charge on any atom is -0.394 e. The largest absolute Gasteiger partial charge is 0.394 e. The lowest BCUT2D eigenvalue weighted by Crippen LogP contribution is -2.35. The molecule has 0 aromatic rings. The van der Waals surface area contributed by atoms with E-state index in [2.05, 4.69) is 3.53 Å². The molecule has 0 fully saturated rings. The predicted molar refractivity (Wildman–Crippen MR) is 38.3 cm³/mol. The molecule has 0 bridgehead atoms. The van der Waals surface area contributed by atoms with Crippen LogP contribution in [0.5, 0.6) is 0 Å². The monoisotopic (exact) mass is 215 g/mol. The van der Waals surface area contributed by atoms with Crippen molar-refractivity contribution >= 4 is 22.9 Å². The van der Waals surface area contributed by atoms with Gasteiger partial charge in [-0.3, -0.25) is 3.53 Å². The molecule has 0 spiro atoms. The SMILES string of the molecule is CC(C)(CO)NI. The number of aliphatic hydroxyl groups is 1. The average Bonchev–Trinajstić information content (AvgIpc) is 1.68. The van der Waals surface area contributed by atoms with Gasteiger partial charge in [-0.05, 0) is 13.8 Å². The molecule has 0 aliphatic heterocycles. The predicted octanol–water partition coefficient (Wildman–Crippen LogP) is 0.697. The van der Waals surface area contributed by atoms with E-state index in [1.165, 1.54) is 0 Å². The van der Waals surface area contributed by atoms with Crippen LogP contribution in [0.2, 0.25) is 0 Å². The topological polar surface area (TPSA) is 32.3 Å². The van der Waals surface area contributed by atoms with E-state index in [0.717, 1.165) is 0 Å². The molecule has 0 atom stereocenters. The zero-order valence-electron chi connectivity index (χ0n) is 4.53. The van der Waals surface area contributed by atoms with Gasteiger partial charge in [0.15, 0.2) is 0 Å². The first kappa shape index (κ1) is 7.65. The molecule has 0 amide bonds. The molecule has 44 valence electrons. The summed E-state index contributed by atoms with van der Waals surface area (Å²) < 4.78 is 2.91. The number of rotatable bonds is 2. The molecule has 0 heterocycles. The molecular weight excluding hydrogens is 205 g/mol. The van der Waals surface area contributed by atoms with Gasteiger partial charge in [0.1, 0.15) is 0 Å². The van der Waals surface area contributed by atoms with Gasteiger partial charge >= 0.3 is 0 Å². The second-order valence-electron chi connectivity index (χ2n) is 2.14. The molecular formula is C4H10INO. The van der Waals surface area contributed by atoms with Crippen LogP contribution >= 0.6 is 22.9 Å². The molecule has 2 N–H and O–H groups in total. The Morgan fingerprint density at radius 1 is 1.71 bits per heavy atom. The van der Waals surface area contributed by atoms with Gasteiger partial charge in [0, 0.05) is 28.4 Å². The molecule has 0 aromatic heterocycles. The van der Waals surface area contributed by atoms with Gasteiger partial charge in [0.2, 0.25) is 0 Å². The van der Waals surface area contributed by atoms with E-state index in [9.17, 15) is 0 Å². The van der Waals surface area contributed by atoms with E-state index in [1.807, 2.05) is 36.7 Å². The zero-order chi connectivity index (χ0) is 5.91. The van der Waals surface area contributed by atoms with Crippen molar-refractivity contribution < 1.29 is 5.11 Å². The number of halogens is 1. The van der Waals surface area contributed by atoms with E-state index in [1.54, 1.807) is 0 Å². The molecule has 7 heavy (non-hydrogen) atoms. The van der Waals surface area contributed by atoms with Crippen LogP contribution in [-0.2, 0) is 0 Å². The van der Waals surface area contributed by atoms with E-state index in [-0.39, 0.29) is 12.1 Å². The third-order valence-electron chi connectivity index (χ3n) is 0.651. The fourth-order valence-electron chi connectivity index (χ4n) is 0.0299. The second-order valence-corrected chi connectivity index (χ2v) is 2.68. The zero-order valence-corrected chi connectivity index (χ0v) is 6.69. The minimum atomic E-state index is -0.124. The summed E-state index contributed by atoms with van der Waals surface area (Å²) in [7, 11) is 0. The van der Waals surface area contributed by atoms with E-state index in [4.69, 9.17) is 5.11 Å². The molecule has 3 heteroatoms. The summed E-state index contributed by atoms with van der Waals surface area (Å²) in [5.41, 5.74) is -0.124. The molecule has 0 rings (SSSR count). The second kappa shape index (κ2) is 2.84. The Morgan fingerprint density at radius 3 is 2.14 bits per heavy atom. The summed E-state index contributed by atoms with van der Waals surface area (Å²) in [6.07, 6.45) is 0. The molecule has 0 saturated heterocycles. The van der Waals surface area contributed by atoms with Crippen LogP contribution in [0.1, 0.15) is 13.8 Å². The number of aliphatic hydroxyl groups excluding tert-OH is 1. The summed E-state index contributed by atoms with van der Waals surface area (Å²) in [6, 6.07) is 0. The first-order valence-corrected chi connectivity index (χ1v) is 3.19. The summed E-state index contributed by atoms with van der Waals surface area (Å²) in [6.45, 7) is 4.04. The van der Waals surface area contributed by atoms with Crippen LogP contribution in [0.4, 0.5) is 0 Å². The number of hydrogen-bond donors (Lipinski definition) is 2. The van der Waals surface area contributed by atoms with E-state index < -0.39 is 0 Å². The Kier molecular flexibility index (Phi) is 3.10. The van der Waals surface area contributed by atoms with Crippen molar-refractivity contribution in [3.63, 3.8) is 0 Å². The van der Waals surface area contributed by atoms with Crippen LogP contribution in [0, 0.1) is 0 Å². The van der Waals surface area contributed by atoms with Crippen molar-refractivity contribution in [2.45, 2.75) is 19.4 Å². The minimum absolute atomic E-state index is 0.124. The van der Waals surface area contributed by atoms with Gasteiger partial charge in [0.25, 0.3) is 0 Å². The maximum atomic E-state index is 8.53. The molecule has 0 saturated carbocycles. The maximum absolute atomic E-state index is 8.53. The average molecular weight is 215 g/mol. The van der Waals surface area contributed by atoms with Crippen LogP contribution in [0.3, 0.4) is 0 Å². The lowest BCUT2D eigenvalue weighted by Gasteiger charge is -2.17. The van der Waals surface area contributed by atoms with Gasteiger partial charge < -0.3 is 5.11 Å². The van der Waals surface area contributed by atoms with Crippen molar-refractivity contribution in [2.75, 3.05) is 6.61 Å². The Hall–Kier alpha value is 0.650. The smallest absolute Gasteiger partial charge is 0.0615 e. The highest BCUT2D eigenvalue weighted by molar-refractivity contribution is 14.1. The fraction of sp³-hybridized carbons (Fsp3) is 1.00. The molecule has 0 unspecified atom stereocenters. The summed E-state index contributed by atoms with van der Waals surface area (Å²) >= 11 is 2.02. The van der Waals surface area contributed by atoms with Crippen LogP contribution in [0.25, 0.3) is 0 Å². The first-order valence-electron chi connectivity index (χ1n) is 2.11. The Labute approximate surface area is 57.8 Å². The highest BCUT2D eigenvalue weighted by Crippen LogP contribution is 2.00. The maximum Gasteiger partial charge on any atom is 0.0615 e. The van der Waals surface area contributed by atoms with Crippen molar-refractivity contribution in [2.24, 2.45) is 0 Å². The normalized spacial score (nSPS) is 12.0. The lowest BCUT2D eigenvalue weighted by molar-refractivity contribution is 0.215. The standard InChI is InChI=1S/C4H10INO/c1-4(2,3-7)6-5/h6-7H,3H2,1-2H3. The van der Waals surface area contributed by atoms with Gasteiger partial charge in [-0.15, -0.1) is 0 Å². The van der Waals surface area contributed by atoms with Crippen molar-refractivity contribution in [3.8, 4) is 0 Å². The van der Waals surface area contributed by atoms with Gasteiger partial charge in [-0.25, -0.2) is 0 Å². The molecule has 0 aliphatic carbocycles. The first-order chi connectivity index (χ1) is 3.12. The Balaban J connectivity index is 3.36. The summed E-state index contributed by atoms with van der Waals surface area (Å²) in [4.78, 5) is 0. The Morgan fingerprint density at radius 2 is 2.14 bits per heavy atom. The fourth-order valence-corrected chi connectivity index (χ4v) is 0.200. The van der Waals surface area contributed by atoms with Crippen molar-refractivity contribution in [1.82, 2.24) is 3.53 Å². The molecule has 0 aliphatic rings. The molecule has 2 nitrogen and oxygen atoms in total. The quantitative estimate of drug-likeness (QED) is 0.524. The Bertz CT molecular complexity index is 49.7. The molecule has 0 aromatic carbocycles. The van der Waals surface area contributed by atoms with Gasteiger partial charge in [-0.2, -0.15) is 0 Å². The third-order valence-corrected chi connectivity index (χ3v) is 2.11. The summed E-state index contributed by atoms with van der Waals surface area (Å²) in [5.74, 6) is 0. The molecule has 0 radical (unpaired) electrons. The number of nitrogens with one attached hydrogen (secondary N) is 1. The van der Waals surface area contributed by atoms with Crippen LogP contribution < -0.4 is 3.53 Å². The highest BCUT2D eigenvalue weighted by atomic mass is 127. The van der Waals surface area contributed by atoms with Gasteiger partial charge in [-0.1, -0.05) is 0 Å². The lowest BCUT2D eigenvalue weighted by atomic mass is 10.1. The third kappa shape index (κ3) is 3.25. The van der Waals surface area contributed by atoms with Crippen molar-refractivity contribution in [3.05, 3.63) is 0 Å². The van der Waals surface area contributed by atoms with Gasteiger partial charge in [0.05, 0.1) is 6.61 Å². The van der Waals surface area contributed by atoms with E-state index in [0.29, 0.717) is 0 Å². The van der Waals surface area contributed by atoms with Crippen molar-refractivity contribution in [1.29, 1.82) is 0 Å². The van der Waals surface area contributed by atoms with E-state index >= 15 is 0 Å². The van der Waals surface area contributed by atoms with Crippen LogP contribution in [0.15, 0.2) is 0 Å². The summed E-state index contributed by atoms with van der Waals surface area (Å²) in [5, 5.41) is 8.53. The number of hydrogen-bond acceptors (Lipinski definition) is 2.